The Morgan fingerprint density at radius 3 is 2.33 bits per heavy atom. The van der Waals surface area contributed by atoms with E-state index in [1.54, 1.807) is 11.9 Å². The normalized spacial score (nSPS) is 10.9. The van der Waals surface area contributed by atoms with Gasteiger partial charge in [0.15, 0.2) is 11.5 Å². The van der Waals surface area contributed by atoms with Gasteiger partial charge in [-0.2, -0.15) is 4.80 Å². The first-order chi connectivity index (χ1) is 11.8. The van der Waals surface area contributed by atoms with Gasteiger partial charge in [-0.15, -0.1) is 10.2 Å². The summed E-state index contributed by atoms with van der Waals surface area (Å²) in [7, 11) is 1.68. The molecule has 0 atom stereocenters. The van der Waals surface area contributed by atoms with Crippen LogP contribution in [0.3, 0.4) is 0 Å². The van der Waals surface area contributed by atoms with Gasteiger partial charge in [-0.25, -0.2) is 0 Å². The molecule has 2 aromatic carbocycles. The number of hydrogen-bond acceptors (Lipinski definition) is 5. The van der Waals surface area contributed by atoms with Gasteiger partial charge in [-0.3, -0.25) is 0 Å². The van der Waals surface area contributed by atoms with Crippen molar-refractivity contribution in [3.63, 3.8) is 0 Å². The SMILES string of the molecule is CCOc1cc(-n2nc3ccccc3n2)ccc1OCCCOC. The van der Waals surface area contributed by atoms with Crippen molar-refractivity contribution in [3.05, 3.63) is 42.5 Å². The Hall–Kier alpha value is -2.60. The molecule has 0 aliphatic heterocycles. The van der Waals surface area contributed by atoms with E-state index in [-0.39, 0.29) is 0 Å². The zero-order valence-corrected chi connectivity index (χ0v) is 13.9. The van der Waals surface area contributed by atoms with Crippen LogP contribution in [-0.4, -0.2) is 41.9 Å². The predicted octanol–water partition coefficient (Wildman–Crippen LogP) is 3.23. The van der Waals surface area contributed by atoms with E-state index in [0.29, 0.717) is 31.3 Å². The van der Waals surface area contributed by atoms with E-state index in [2.05, 4.69) is 10.2 Å². The third-order valence-corrected chi connectivity index (χ3v) is 3.50. The molecule has 0 bridgehead atoms. The first-order valence-corrected chi connectivity index (χ1v) is 8.03. The van der Waals surface area contributed by atoms with E-state index in [0.717, 1.165) is 23.1 Å². The Morgan fingerprint density at radius 1 is 0.917 bits per heavy atom. The summed E-state index contributed by atoms with van der Waals surface area (Å²) in [5.41, 5.74) is 2.55. The summed E-state index contributed by atoms with van der Waals surface area (Å²) >= 11 is 0. The highest BCUT2D eigenvalue weighted by Crippen LogP contribution is 2.30. The molecule has 6 heteroatoms. The second-order valence-electron chi connectivity index (χ2n) is 5.24. The summed E-state index contributed by atoms with van der Waals surface area (Å²) in [6.07, 6.45) is 0.829. The van der Waals surface area contributed by atoms with Crippen LogP contribution in [0.2, 0.25) is 0 Å². The molecule has 126 valence electrons. The molecule has 3 rings (SSSR count). The van der Waals surface area contributed by atoms with Crippen LogP contribution in [0, 0.1) is 0 Å². The molecule has 6 nitrogen and oxygen atoms in total. The van der Waals surface area contributed by atoms with Crippen molar-refractivity contribution in [3.8, 4) is 17.2 Å². The maximum Gasteiger partial charge on any atom is 0.163 e. The second kappa shape index (κ2) is 7.79. The number of nitrogens with zero attached hydrogens (tertiary/aromatic N) is 3. The molecule has 1 aromatic heterocycles. The van der Waals surface area contributed by atoms with Crippen LogP contribution in [0.4, 0.5) is 0 Å². The smallest absolute Gasteiger partial charge is 0.163 e. The maximum absolute atomic E-state index is 5.79. The van der Waals surface area contributed by atoms with Gasteiger partial charge in [0.05, 0.1) is 18.9 Å². The molecule has 0 saturated carbocycles. The molecule has 0 fully saturated rings. The molecule has 0 aliphatic carbocycles. The second-order valence-corrected chi connectivity index (χ2v) is 5.24. The van der Waals surface area contributed by atoms with Crippen molar-refractivity contribution < 1.29 is 14.2 Å². The van der Waals surface area contributed by atoms with Gasteiger partial charge in [-0.1, -0.05) is 12.1 Å². The summed E-state index contributed by atoms with van der Waals surface area (Å²) < 4.78 is 16.5. The van der Waals surface area contributed by atoms with Gasteiger partial charge < -0.3 is 14.2 Å². The molecular formula is C18H21N3O3. The lowest BCUT2D eigenvalue weighted by atomic mass is 10.3. The van der Waals surface area contributed by atoms with E-state index in [4.69, 9.17) is 14.2 Å². The molecule has 0 spiro atoms. The maximum atomic E-state index is 5.79. The molecule has 1 heterocycles. The van der Waals surface area contributed by atoms with E-state index in [9.17, 15) is 0 Å². The van der Waals surface area contributed by atoms with Crippen molar-refractivity contribution in [2.75, 3.05) is 26.9 Å². The lowest BCUT2D eigenvalue weighted by Gasteiger charge is -2.13. The van der Waals surface area contributed by atoms with E-state index >= 15 is 0 Å². The zero-order chi connectivity index (χ0) is 16.8. The Morgan fingerprint density at radius 2 is 1.67 bits per heavy atom. The van der Waals surface area contributed by atoms with Crippen LogP contribution < -0.4 is 9.47 Å². The first kappa shape index (κ1) is 16.3. The minimum absolute atomic E-state index is 0.562. The summed E-state index contributed by atoms with van der Waals surface area (Å²) in [5, 5.41) is 8.99. The lowest BCUT2D eigenvalue weighted by molar-refractivity contribution is 0.170. The van der Waals surface area contributed by atoms with Crippen molar-refractivity contribution in [2.45, 2.75) is 13.3 Å². The highest BCUT2D eigenvalue weighted by Gasteiger charge is 2.10. The van der Waals surface area contributed by atoms with Crippen LogP contribution >= 0.6 is 0 Å². The number of rotatable bonds is 8. The fourth-order valence-electron chi connectivity index (χ4n) is 2.37. The molecule has 0 saturated heterocycles. The predicted molar refractivity (Wildman–Crippen MR) is 92.0 cm³/mol. The number of benzene rings is 2. The average Bonchev–Trinajstić information content (AvgIpc) is 3.04. The number of hydrogen-bond donors (Lipinski definition) is 0. The van der Waals surface area contributed by atoms with Crippen molar-refractivity contribution in [1.29, 1.82) is 0 Å². The zero-order valence-electron chi connectivity index (χ0n) is 13.9. The van der Waals surface area contributed by atoms with E-state index in [1.165, 1.54) is 0 Å². The summed E-state index contributed by atoms with van der Waals surface area (Å²) in [4.78, 5) is 1.61. The fraction of sp³-hybridized carbons (Fsp3) is 0.333. The summed E-state index contributed by atoms with van der Waals surface area (Å²) in [6.45, 7) is 3.76. The van der Waals surface area contributed by atoms with E-state index < -0.39 is 0 Å². The topological polar surface area (TPSA) is 58.4 Å². The molecule has 24 heavy (non-hydrogen) atoms. The van der Waals surface area contributed by atoms with Gasteiger partial charge in [0.25, 0.3) is 0 Å². The molecule has 0 amide bonds. The highest BCUT2D eigenvalue weighted by atomic mass is 16.5. The molecule has 0 unspecified atom stereocenters. The average molecular weight is 327 g/mol. The van der Waals surface area contributed by atoms with Crippen LogP contribution in [0.5, 0.6) is 11.5 Å². The standard InChI is InChI=1S/C18H21N3O3/c1-3-23-18-13-14(9-10-17(18)24-12-6-11-22-2)21-19-15-7-4-5-8-16(15)20-21/h4-5,7-10,13H,3,6,11-12H2,1-2H3. The quantitative estimate of drug-likeness (QED) is 0.595. The lowest BCUT2D eigenvalue weighted by Crippen LogP contribution is -2.05. The van der Waals surface area contributed by atoms with E-state index in [1.807, 2.05) is 49.4 Å². The summed E-state index contributed by atoms with van der Waals surface area (Å²) in [5.74, 6) is 1.40. The number of fused-ring (bicyclic) bond motifs is 1. The fourth-order valence-corrected chi connectivity index (χ4v) is 2.37. The third kappa shape index (κ3) is 3.65. The van der Waals surface area contributed by atoms with Crippen LogP contribution in [0.1, 0.15) is 13.3 Å². The van der Waals surface area contributed by atoms with Gasteiger partial charge in [0.1, 0.15) is 11.0 Å². The largest absolute Gasteiger partial charge is 0.490 e. The number of aromatic nitrogens is 3. The monoisotopic (exact) mass is 327 g/mol. The molecule has 0 N–H and O–H groups in total. The molecule has 0 aliphatic rings. The first-order valence-electron chi connectivity index (χ1n) is 8.03. The molecular weight excluding hydrogens is 306 g/mol. The number of ether oxygens (including phenoxy) is 3. The number of methoxy groups -OCH3 is 1. The van der Waals surface area contributed by atoms with Crippen molar-refractivity contribution >= 4 is 11.0 Å². The Balaban J connectivity index is 1.84. The van der Waals surface area contributed by atoms with Crippen LogP contribution in [-0.2, 0) is 4.74 Å². The molecule has 0 radical (unpaired) electrons. The molecule has 3 aromatic rings. The highest BCUT2D eigenvalue weighted by molar-refractivity contribution is 5.73. The van der Waals surface area contributed by atoms with Gasteiger partial charge >= 0.3 is 0 Å². The Kier molecular flexibility index (Phi) is 5.28. The minimum atomic E-state index is 0.562. The van der Waals surface area contributed by atoms with Crippen LogP contribution in [0.25, 0.3) is 16.7 Å². The van der Waals surface area contributed by atoms with Gasteiger partial charge in [-0.05, 0) is 31.2 Å². The Bertz CT molecular complexity index is 768. The summed E-state index contributed by atoms with van der Waals surface area (Å²) in [6, 6.07) is 13.5. The third-order valence-electron chi connectivity index (χ3n) is 3.50. The minimum Gasteiger partial charge on any atom is -0.490 e. The van der Waals surface area contributed by atoms with Gasteiger partial charge in [0, 0.05) is 26.2 Å². The van der Waals surface area contributed by atoms with Crippen molar-refractivity contribution in [1.82, 2.24) is 15.0 Å². The van der Waals surface area contributed by atoms with Crippen molar-refractivity contribution in [2.24, 2.45) is 0 Å². The van der Waals surface area contributed by atoms with Crippen LogP contribution in [0.15, 0.2) is 42.5 Å². The Labute approximate surface area is 140 Å². The van der Waals surface area contributed by atoms with Gasteiger partial charge in [0.2, 0.25) is 0 Å².